The van der Waals surface area contributed by atoms with Crippen LogP contribution in [0, 0.1) is 11.7 Å². The van der Waals surface area contributed by atoms with Crippen LogP contribution in [0.2, 0.25) is 0 Å². The molecule has 0 saturated carbocycles. The molecule has 0 aliphatic heterocycles. The van der Waals surface area contributed by atoms with Gasteiger partial charge in [-0.15, -0.1) is 11.8 Å². The molecule has 2 N–H and O–H groups in total. The molecule has 108 valence electrons. The van der Waals surface area contributed by atoms with E-state index in [1.54, 1.807) is 18.2 Å². The lowest BCUT2D eigenvalue weighted by Crippen LogP contribution is -2.13. The summed E-state index contributed by atoms with van der Waals surface area (Å²) in [5.74, 6) is 1.67. The molecular weight excluding hydrogens is 277 g/mol. The minimum absolute atomic E-state index is 0.238. The molecule has 20 heavy (non-hydrogen) atoms. The van der Waals surface area contributed by atoms with Crippen LogP contribution in [0.4, 0.5) is 4.39 Å². The molecule has 0 saturated heterocycles. The summed E-state index contributed by atoms with van der Waals surface area (Å²) in [5, 5.41) is 3.88. The van der Waals surface area contributed by atoms with Crippen LogP contribution < -0.4 is 5.73 Å². The van der Waals surface area contributed by atoms with Gasteiger partial charge >= 0.3 is 0 Å². The third-order valence-electron chi connectivity index (χ3n) is 2.72. The smallest absolute Gasteiger partial charge is 0.243 e. The molecule has 0 aliphatic rings. The van der Waals surface area contributed by atoms with Crippen molar-refractivity contribution < 1.29 is 8.91 Å². The van der Waals surface area contributed by atoms with Crippen molar-refractivity contribution >= 4 is 11.8 Å². The van der Waals surface area contributed by atoms with Gasteiger partial charge < -0.3 is 10.3 Å². The van der Waals surface area contributed by atoms with Crippen molar-refractivity contribution in [3.05, 3.63) is 41.8 Å². The number of hydrogen-bond acceptors (Lipinski definition) is 5. The van der Waals surface area contributed by atoms with E-state index in [-0.39, 0.29) is 11.9 Å². The van der Waals surface area contributed by atoms with Crippen molar-refractivity contribution in [1.82, 2.24) is 10.1 Å². The average Bonchev–Trinajstić information content (AvgIpc) is 2.86. The Morgan fingerprint density at radius 3 is 2.80 bits per heavy atom. The van der Waals surface area contributed by atoms with E-state index in [4.69, 9.17) is 10.3 Å². The van der Waals surface area contributed by atoms with Gasteiger partial charge in [0.25, 0.3) is 0 Å². The van der Waals surface area contributed by atoms with Gasteiger partial charge in [0.05, 0.1) is 11.8 Å². The van der Waals surface area contributed by atoms with E-state index in [9.17, 15) is 4.39 Å². The Balaban J connectivity index is 1.95. The first-order valence-corrected chi connectivity index (χ1v) is 7.50. The summed E-state index contributed by atoms with van der Waals surface area (Å²) < 4.78 is 18.6. The number of aromatic nitrogens is 2. The van der Waals surface area contributed by atoms with Gasteiger partial charge in [-0.05, 0) is 24.5 Å². The maximum Gasteiger partial charge on any atom is 0.243 e. The summed E-state index contributed by atoms with van der Waals surface area (Å²) in [4.78, 5) is 4.84. The number of benzene rings is 1. The zero-order valence-corrected chi connectivity index (χ0v) is 12.4. The Morgan fingerprint density at radius 1 is 1.35 bits per heavy atom. The fourth-order valence-electron chi connectivity index (χ4n) is 1.79. The van der Waals surface area contributed by atoms with Crippen molar-refractivity contribution in [2.24, 2.45) is 11.7 Å². The molecule has 0 aliphatic carbocycles. The van der Waals surface area contributed by atoms with Gasteiger partial charge in [0.2, 0.25) is 5.89 Å². The summed E-state index contributed by atoms with van der Waals surface area (Å²) in [6.07, 6.45) is 0.794. The Hall–Kier alpha value is -1.40. The minimum Gasteiger partial charge on any atom is -0.338 e. The second-order valence-corrected chi connectivity index (χ2v) is 6.02. The van der Waals surface area contributed by atoms with Crippen molar-refractivity contribution in [2.75, 3.05) is 0 Å². The zero-order valence-electron chi connectivity index (χ0n) is 11.5. The maximum absolute atomic E-state index is 13.5. The third kappa shape index (κ3) is 4.05. The molecule has 0 amide bonds. The lowest BCUT2D eigenvalue weighted by Gasteiger charge is -2.08. The van der Waals surface area contributed by atoms with E-state index in [0.717, 1.165) is 6.42 Å². The molecule has 0 bridgehead atoms. The molecule has 1 aromatic carbocycles. The molecule has 4 nitrogen and oxygen atoms in total. The predicted octanol–water partition coefficient (Wildman–Crippen LogP) is 3.55. The average molecular weight is 295 g/mol. The van der Waals surface area contributed by atoms with E-state index < -0.39 is 0 Å². The quantitative estimate of drug-likeness (QED) is 0.826. The Kier molecular flexibility index (Phi) is 5.14. The SMILES string of the molecule is CC(C)C[C@@H](N)c1nc(CSc2ccccc2F)no1. The standard InChI is InChI=1S/C14H18FN3OS/c1-9(2)7-11(16)14-17-13(18-19-14)8-20-12-6-4-3-5-10(12)15/h3-6,9,11H,7-8,16H2,1-2H3/t11-/m1/s1. The van der Waals surface area contributed by atoms with Gasteiger partial charge in [-0.25, -0.2) is 4.39 Å². The number of thioether (sulfide) groups is 1. The number of hydrogen-bond donors (Lipinski definition) is 1. The molecule has 0 fully saturated rings. The van der Waals surface area contributed by atoms with Crippen molar-refractivity contribution in [1.29, 1.82) is 0 Å². The van der Waals surface area contributed by atoms with E-state index >= 15 is 0 Å². The number of halogens is 1. The van der Waals surface area contributed by atoms with Crippen molar-refractivity contribution in [3.63, 3.8) is 0 Å². The highest BCUT2D eigenvalue weighted by atomic mass is 32.2. The zero-order chi connectivity index (χ0) is 14.5. The molecule has 0 unspecified atom stereocenters. The van der Waals surface area contributed by atoms with Crippen LogP contribution in [0.3, 0.4) is 0 Å². The highest BCUT2D eigenvalue weighted by Gasteiger charge is 2.16. The Labute approximate surface area is 121 Å². The lowest BCUT2D eigenvalue weighted by molar-refractivity contribution is 0.333. The number of rotatable bonds is 6. The fraction of sp³-hybridized carbons (Fsp3) is 0.429. The normalized spacial score (nSPS) is 12.8. The first kappa shape index (κ1) is 15.0. The summed E-state index contributed by atoms with van der Waals surface area (Å²) in [6, 6.07) is 6.38. The van der Waals surface area contributed by atoms with E-state index in [0.29, 0.717) is 28.3 Å². The summed E-state index contributed by atoms with van der Waals surface area (Å²) in [6.45, 7) is 4.18. The van der Waals surface area contributed by atoms with E-state index in [1.165, 1.54) is 17.8 Å². The van der Waals surface area contributed by atoms with Gasteiger partial charge in [0.1, 0.15) is 5.82 Å². The molecule has 6 heteroatoms. The summed E-state index contributed by atoms with van der Waals surface area (Å²) in [7, 11) is 0. The van der Waals surface area contributed by atoms with Crippen LogP contribution in [0.15, 0.2) is 33.7 Å². The van der Waals surface area contributed by atoms with Gasteiger partial charge in [-0.3, -0.25) is 0 Å². The monoisotopic (exact) mass is 295 g/mol. The highest BCUT2D eigenvalue weighted by molar-refractivity contribution is 7.98. The van der Waals surface area contributed by atoms with Gasteiger partial charge in [-0.2, -0.15) is 4.98 Å². The Morgan fingerprint density at radius 2 is 2.10 bits per heavy atom. The second-order valence-electron chi connectivity index (χ2n) is 5.00. The van der Waals surface area contributed by atoms with Crippen LogP contribution in [-0.2, 0) is 5.75 Å². The summed E-state index contributed by atoms with van der Waals surface area (Å²) >= 11 is 1.34. The van der Waals surface area contributed by atoms with Crippen molar-refractivity contribution in [2.45, 2.75) is 37.0 Å². The molecule has 2 rings (SSSR count). The molecule has 1 atom stereocenters. The molecule has 1 heterocycles. The maximum atomic E-state index is 13.5. The number of nitrogens with zero attached hydrogens (tertiary/aromatic N) is 2. The van der Waals surface area contributed by atoms with Crippen molar-refractivity contribution in [3.8, 4) is 0 Å². The minimum atomic E-state index is -0.241. The second kappa shape index (κ2) is 6.85. The lowest BCUT2D eigenvalue weighted by atomic mass is 10.0. The van der Waals surface area contributed by atoms with E-state index in [1.807, 2.05) is 0 Å². The fourth-order valence-corrected chi connectivity index (χ4v) is 2.57. The molecule has 2 aromatic rings. The van der Waals surface area contributed by atoms with Crippen LogP contribution >= 0.6 is 11.8 Å². The van der Waals surface area contributed by atoms with Crippen LogP contribution in [0.5, 0.6) is 0 Å². The van der Waals surface area contributed by atoms with Gasteiger partial charge in [0, 0.05) is 4.90 Å². The highest BCUT2D eigenvalue weighted by Crippen LogP contribution is 2.25. The van der Waals surface area contributed by atoms with E-state index in [2.05, 4.69) is 24.0 Å². The van der Waals surface area contributed by atoms with Crippen LogP contribution in [0.1, 0.15) is 38.0 Å². The number of nitrogens with two attached hydrogens (primary N) is 1. The molecule has 1 aromatic heterocycles. The first-order valence-electron chi connectivity index (χ1n) is 6.51. The molecule has 0 spiro atoms. The third-order valence-corrected chi connectivity index (χ3v) is 3.76. The molecular formula is C14H18FN3OS. The van der Waals surface area contributed by atoms with Gasteiger partial charge in [0.15, 0.2) is 5.82 Å². The summed E-state index contributed by atoms with van der Waals surface area (Å²) in [5.41, 5.74) is 5.98. The predicted molar refractivity (Wildman–Crippen MR) is 76.6 cm³/mol. The van der Waals surface area contributed by atoms with Crippen LogP contribution in [0.25, 0.3) is 0 Å². The van der Waals surface area contributed by atoms with Gasteiger partial charge in [-0.1, -0.05) is 31.1 Å². The van der Waals surface area contributed by atoms with Crippen LogP contribution in [-0.4, -0.2) is 10.1 Å². The largest absolute Gasteiger partial charge is 0.338 e. The topological polar surface area (TPSA) is 64.9 Å². The Bertz CT molecular complexity index is 559. The first-order chi connectivity index (χ1) is 9.56. The molecule has 0 radical (unpaired) electrons.